The van der Waals surface area contributed by atoms with Crippen LogP contribution in [0.4, 0.5) is 4.39 Å². The minimum atomic E-state index is -0.490. The fourth-order valence-corrected chi connectivity index (χ4v) is 2.14. The van der Waals surface area contributed by atoms with Gasteiger partial charge in [0.15, 0.2) is 5.78 Å². The van der Waals surface area contributed by atoms with E-state index in [1.807, 2.05) is 0 Å². The second-order valence-electron chi connectivity index (χ2n) is 4.76. The molecule has 106 valence electrons. The van der Waals surface area contributed by atoms with Crippen molar-refractivity contribution in [3.8, 4) is 5.75 Å². The number of hydrogen-bond donors (Lipinski definition) is 0. The lowest BCUT2D eigenvalue weighted by Crippen LogP contribution is -2.05. The van der Waals surface area contributed by atoms with E-state index in [0.29, 0.717) is 12.2 Å². The van der Waals surface area contributed by atoms with Gasteiger partial charge in [-0.1, -0.05) is 45.1 Å². The monoisotopic (exact) mass is 266 g/mol. The number of benzene rings is 1. The van der Waals surface area contributed by atoms with Crippen molar-refractivity contribution in [2.45, 2.75) is 51.9 Å². The predicted molar refractivity (Wildman–Crippen MR) is 75.3 cm³/mol. The van der Waals surface area contributed by atoms with Crippen LogP contribution < -0.4 is 4.74 Å². The van der Waals surface area contributed by atoms with E-state index in [0.717, 1.165) is 19.3 Å². The molecule has 0 fully saturated rings. The largest absolute Gasteiger partial charge is 0.496 e. The molecule has 0 spiro atoms. The highest BCUT2D eigenvalue weighted by Gasteiger charge is 2.16. The summed E-state index contributed by atoms with van der Waals surface area (Å²) in [4.78, 5) is 12.0. The normalized spacial score (nSPS) is 10.5. The molecule has 0 radical (unpaired) electrons. The number of hydrogen-bond acceptors (Lipinski definition) is 2. The Balaban J connectivity index is 2.45. The maximum atomic E-state index is 13.7. The SMILES string of the molecule is CCCCCCCCC(=O)c1c(F)cccc1OC. The molecular weight excluding hydrogens is 243 g/mol. The molecule has 3 heteroatoms. The Labute approximate surface area is 115 Å². The van der Waals surface area contributed by atoms with Gasteiger partial charge in [-0.25, -0.2) is 4.39 Å². The lowest BCUT2D eigenvalue weighted by Gasteiger charge is -2.08. The smallest absolute Gasteiger partial charge is 0.169 e. The summed E-state index contributed by atoms with van der Waals surface area (Å²) in [5, 5.41) is 0. The van der Waals surface area contributed by atoms with Crippen LogP contribution >= 0.6 is 0 Å². The van der Waals surface area contributed by atoms with E-state index in [-0.39, 0.29) is 11.3 Å². The van der Waals surface area contributed by atoms with Gasteiger partial charge in [0.25, 0.3) is 0 Å². The maximum Gasteiger partial charge on any atom is 0.169 e. The first-order valence-corrected chi connectivity index (χ1v) is 7.06. The zero-order valence-corrected chi connectivity index (χ0v) is 11.9. The molecule has 2 nitrogen and oxygen atoms in total. The number of halogens is 1. The van der Waals surface area contributed by atoms with Gasteiger partial charge in [-0.05, 0) is 18.6 Å². The van der Waals surface area contributed by atoms with Crippen molar-refractivity contribution in [2.24, 2.45) is 0 Å². The number of ketones is 1. The average molecular weight is 266 g/mol. The Morgan fingerprint density at radius 2 is 1.84 bits per heavy atom. The van der Waals surface area contributed by atoms with Gasteiger partial charge in [0.05, 0.1) is 12.7 Å². The Hall–Kier alpha value is -1.38. The second kappa shape index (κ2) is 8.68. The van der Waals surface area contributed by atoms with Crippen LogP contribution in [0.3, 0.4) is 0 Å². The fraction of sp³-hybridized carbons (Fsp3) is 0.562. The van der Waals surface area contributed by atoms with Crippen molar-refractivity contribution in [3.63, 3.8) is 0 Å². The molecule has 0 N–H and O–H groups in total. The van der Waals surface area contributed by atoms with Gasteiger partial charge < -0.3 is 4.74 Å². The van der Waals surface area contributed by atoms with Crippen molar-refractivity contribution in [3.05, 3.63) is 29.6 Å². The third-order valence-corrected chi connectivity index (χ3v) is 3.23. The summed E-state index contributed by atoms with van der Waals surface area (Å²) in [5.74, 6) is -0.322. The molecule has 19 heavy (non-hydrogen) atoms. The molecule has 0 aliphatic rings. The molecule has 0 saturated carbocycles. The van der Waals surface area contributed by atoms with Gasteiger partial charge in [0, 0.05) is 6.42 Å². The van der Waals surface area contributed by atoms with Crippen LogP contribution in [0.25, 0.3) is 0 Å². The van der Waals surface area contributed by atoms with Gasteiger partial charge in [0.1, 0.15) is 11.6 Å². The Kier molecular flexibility index (Phi) is 7.16. The van der Waals surface area contributed by atoms with E-state index in [9.17, 15) is 9.18 Å². The molecular formula is C16H23FO2. The molecule has 0 atom stereocenters. The van der Waals surface area contributed by atoms with Gasteiger partial charge in [0.2, 0.25) is 0 Å². The molecule has 1 aromatic carbocycles. The predicted octanol–water partition coefficient (Wildman–Crippen LogP) is 4.77. The van der Waals surface area contributed by atoms with Gasteiger partial charge >= 0.3 is 0 Å². The summed E-state index contributed by atoms with van der Waals surface area (Å²) < 4.78 is 18.7. The average Bonchev–Trinajstić information content (AvgIpc) is 2.42. The first kappa shape index (κ1) is 15.7. The molecule has 0 amide bonds. The zero-order chi connectivity index (χ0) is 14.1. The van der Waals surface area contributed by atoms with Gasteiger partial charge in [-0.3, -0.25) is 4.79 Å². The minimum Gasteiger partial charge on any atom is -0.496 e. The molecule has 0 aliphatic heterocycles. The van der Waals surface area contributed by atoms with E-state index in [2.05, 4.69) is 6.92 Å². The standard InChI is InChI=1S/C16H23FO2/c1-3-4-5-6-7-8-11-14(18)16-13(17)10-9-12-15(16)19-2/h9-10,12H,3-8,11H2,1-2H3. The van der Waals surface area contributed by atoms with Gasteiger partial charge in [-0.15, -0.1) is 0 Å². The van der Waals surface area contributed by atoms with Crippen molar-refractivity contribution in [2.75, 3.05) is 7.11 Å². The Morgan fingerprint density at radius 3 is 2.53 bits per heavy atom. The van der Waals surface area contributed by atoms with E-state index in [1.165, 1.54) is 32.4 Å². The Bertz CT molecular complexity index is 402. The highest BCUT2D eigenvalue weighted by atomic mass is 19.1. The minimum absolute atomic E-state index is 0.0959. The first-order chi connectivity index (χ1) is 9.20. The summed E-state index contributed by atoms with van der Waals surface area (Å²) >= 11 is 0. The summed E-state index contributed by atoms with van der Waals surface area (Å²) in [6.07, 6.45) is 7.07. The highest BCUT2D eigenvalue weighted by Crippen LogP contribution is 2.23. The summed E-state index contributed by atoms with van der Waals surface area (Å²) in [7, 11) is 1.45. The van der Waals surface area contributed by atoms with Crippen LogP contribution in [0.15, 0.2) is 18.2 Å². The summed E-state index contributed by atoms with van der Waals surface area (Å²) in [6, 6.07) is 4.48. The highest BCUT2D eigenvalue weighted by molar-refractivity contribution is 5.98. The maximum absolute atomic E-state index is 13.7. The number of unbranched alkanes of at least 4 members (excludes halogenated alkanes) is 5. The van der Waals surface area contributed by atoms with Crippen LogP contribution in [0.5, 0.6) is 5.75 Å². The lowest BCUT2D eigenvalue weighted by atomic mass is 10.0. The van der Waals surface area contributed by atoms with E-state index < -0.39 is 5.82 Å². The fourth-order valence-electron chi connectivity index (χ4n) is 2.14. The molecule has 0 heterocycles. The molecule has 0 bridgehead atoms. The van der Waals surface area contributed by atoms with Crippen molar-refractivity contribution < 1.29 is 13.9 Å². The first-order valence-electron chi connectivity index (χ1n) is 7.06. The second-order valence-corrected chi connectivity index (χ2v) is 4.76. The number of Topliss-reactive ketones (excluding diaryl/α,β-unsaturated/α-hetero) is 1. The number of ether oxygens (including phenoxy) is 1. The van der Waals surface area contributed by atoms with Crippen LogP contribution in [-0.4, -0.2) is 12.9 Å². The summed E-state index contributed by atoms with van der Waals surface area (Å²) in [5.41, 5.74) is 0.0959. The zero-order valence-electron chi connectivity index (χ0n) is 11.9. The van der Waals surface area contributed by atoms with Crippen LogP contribution in [0.1, 0.15) is 62.2 Å². The van der Waals surface area contributed by atoms with Crippen molar-refractivity contribution in [1.29, 1.82) is 0 Å². The Morgan fingerprint density at radius 1 is 1.16 bits per heavy atom. The molecule has 0 saturated heterocycles. The number of rotatable bonds is 9. The van der Waals surface area contributed by atoms with Crippen LogP contribution in [-0.2, 0) is 0 Å². The molecule has 1 rings (SSSR count). The third-order valence-electron chi connectivity index (χ3n) is 3.23. The van der Waals surface area contributed by atoms with Crippen LogP contribution in [0.2, 0.25) is 0 Å². The topological polar surface area (TPSA) is 26.3 Å². The van der Waals surface area contributed by atoms with Crippen LogP contribution in [0, 0.1) is 5.82 Å². The molecule has 1 aromatic rings. The van der Waals surface area contributed by atoms with Crippen molar-refractivity contribution in [1.82, 2.24) is 0 Å². The molecule has 0 unspecified atom stereocenters. The van der Waals surface area contributed by atoms with E-state index in [1.54, 1.807) is 12.1 Å². The number of carbonyl (C=O) groups is 1. The number of carbonyl (C=O) groups excluding carboxylic acids is 1. The quantitative estimate of drug-likeness (QED) is 0.475. The van der Waals surface area contributed by atoms with Gasteiger partial charge in [-0.2, -0.15) is 0 Å². The third kappa shape index (κ3) is 5.01. The molecule has 0 aliphatic carbocycles. The molecule has 0 aromatic heterocycles. The lowest BCUT2D eigenvalue weighted by molar-refractivity contribution is 0.0972. The van der Waals surface area contributed by atoms with Crippen molar-refractivity contribution >= 4 is 5.78 Å². The van der Waals surface area contributed by atoms with E-state index >= 15 is 0 Å². The summed E-state index contributed by atoms with van der Waals surface area (Å²) in [6.45, 7) is 2.17. The van der Waals surface area contributed by atoms with E-state index in [4.69, 9.17) is 4.74 Å². The number of methoxy groups -OCH3 is 1.